The topological polar surface area (TPSA) is 56.5 Å². The van der Waals surface area contributed by atoms with Gasteiger partial charge in [-0.2, -0.15) is 5.10 Å². The van der Waals surface area contributed by atoms with E-state index in [2.05, 4.69) is 5.10 Å². The number of ether oxygens (including phenoxy) is 2. The highest BCUT2D eigenvalue weighted by molar-refractivity contribution is 5.31. The molecule has 1 heterocycles. The van der Waals surface area contributed by atoms with Crippen LogP contribution in [0.3, 0.4) is 0 Å². The maximum Gasteiger partial charge on any atom is 0.163 e. The predicted octanol–water partition coefficient (Wildman–Crippen LogP) is 1.20. The van der Waals surface area contributed by atoms with Gasteiger partial charge in [0.05, 0.1) is 18.4 Å². The molecule has 0 radical (unpaired) electrons. The van der Waals surface area contributed by atoms with Gasteiger partial charge < -0.3 is 14.6 Å². The third kappa shape index (κ3) is 4.02. The van der Waals surface area contributed by atoms with Gasteiger partial charge in [-0.15, -0.1) is 0 Å². The minimum atomic E-state index is -0.614. The molecule has 17 heavy (non-hydrogen) atoms. The van der Waals surface area contributed by atoms with Crippen LogP contribution >= 0.6 is 0 Å². The van der Waals surface area contributed by atoms with Crippen LogP contribution in [-0.4, -0.2) is 40.3 Å². The summed E-state index contributed by atoms with van der Waals surface area (Å²) in [6.07, 6.45) is -0.497. The van der Waals surface area contributed by atoms with Gasteiger partial charge in [-0.05, 0) is 27.7 Å². The van der Waals surface area contributed by atoms with Crippen molar-refractivity contribution in [3.8, 4) is 5.75 Å². The lowest BCUT2D eigenvalue weighted by Crippen LogP contribution is -2.25. The summed E-state index contributed by atoms with van der Waals surface area (Å²) >= 11 is 0. The summed E-state index contributed by atoms with van der Waals surface area (Å²) in [6.45, 7) is 8.20. The van der Waals surface area contributed by atoms with E-state index in [1.54, 1.807) is 4.68 Å². The quantitative estimate of drug-likeness (QED) is 0.814. The number of aryl methyl sites for hydroxylation is 2. The second-order valence-corrected chi connectivity index (χ2v) is 4.47. The predicted molar refractivity (Wildman–Crippen MR) is 65.3 cm³/mol. The molecule has 5 heteroatoms. The zero-order chi connectivity index (χ0) is 13.0. The molecule has 0 unspecified atom stereocenters. The summed E-state index contributed by atoms with van der Waals surface area (Å²) in [5, 5.41) is 13.9. The van der Waals surface area contributed by atoms with Gasteiger partial charge in [-0.25, -0.2) is 0 Å². The molecule has 0 aliphatic rings. The molecule has 98 valence electrons. The van der Waals surface area contributed by atoms with E-state index in [1.807, 2.05) is 34.7 Å². The highest BCUT2D eigenvalue weighted by atomic mass is 16.5. The summed E-state index contributed by atoms with van der Waals surface area (Å²) in [5.74, 6) is 0.746. The zero-order valence-electron chi connectivity index (χ0n) is 11.2. The van der Waals surface area contributed by atoms with Crippen LogP contribution in [0.1, 0.15) is 25.2 Å². The lowest BCUT2D eigenvalue weighted by Gasteiger charge is -2.14. The number of hydrogen-bond donors (Lipinski definition) is 1. The summed E-state index contributed by atoms with van der Waals surface area (Å²) < 4.78 is 12.6. The number of rotatable bonds is 6. The smallest absolute Gasteiger partial charge is 0.163 e. The monoisotopic (exact) mass is 242 g/mol. The van der Waals surface area contributed by atoms with Crippen molar-refractivity contribution in [2.45, 2.75) is 39.9 Å². The van der Waals surface area contributed by atoms with Gasteiger partial charge in [-0.1, -0.05) is 0 Å². The van der Waals surface area contributed by atoms with Crippen molar-refractivity contribution in [2.24, 2.45) is 7.05 Å². The molecule has 0 bridgehead atoms. The highest BCUT2D eigenvalue weighted by Crippen LogP contribution is 2.21. The van der Waals surface area contributed by atoms with Crippen molar-refractivity contribution in [3.05, 3.63) is 11.4 Å². The first-order valence-corrected chi connectivity index (χ1v) is 5.84. The van der Waals surface area contributed by atoms with E-state index in [0.29, 0.717) is 0 Å². The van der Waals surface area contributed by atoms with Crippen molar-refractivity contribution in [1.29, 1.82) is 0 Å². The number of nitrogens with zero attached hydrogens (tertiary/aromatic N) is 2. The van der Waals surface area contributed by atoms with E-state index in [9.17, 15) is 5.11 Å². The van der Waals surface area contributed by atoms with Crippen LogP contribution in [0.4, 0.5) is 0 Å². The third-order valence-electron chi connectivity index (χ3n) is 2.48. The molecule has 1 N–H and O–H groups in total. The van der Waals surface area contributed by atoms with Gasteiger partial charge >= 0.3 is 0 Å². The van der Waals surface area contributed by atoms with Crippen molar-refractivity contribution >= 4 is 0 Å². The minimum absolute atomic E-state index is 0.117. The maximum absolute atomic E-state index is 9.67. The van der Waals surface area contributed by atoms with Gasteiger partial charge in [0.15, 0.2) is 5.75 Å². The molecule has 0 amide bonds. The standard InChI is InChI=1S/C12H22N2O3/c1-8(2)16-6-11(15)7-17-12-9(3)13-14(5)10(12)4/h8,11,15H,6-7H2,1-5H3/t11-/m0/s1. The van der Waals surface area contributed by atoms with Gasteiger partial charge in [-0.3, -0.25) is 4.68 Å². The van der Waals surface area contributed by atoms with E-state index in [4.69, 9.17) is 9.47 Å². The Bertz CT molecular complexity index is 361. The molecule has 0 fully saturated rings. The van der Waals surface area contributed by atoms with Gasteiger partial charge in [0.25, 0.3) is 0 Å². The fraction of sp³-hybridized carbons (Fsp3) is 0.750. The van der Waals surface area contributed by atoms with Crippen LogP contribution in [-0.2, 0) is 11.8 Å². The molecular formula is C12H22N2O3. The summed E-state index contributed by atoms with van der Waals surface area (Å²) in [5.41, 5.74) is 1.79. The fourth-order valence-electron chi connectivity index (χ4n) is 1.49. The van der Waals surface area contributed by atoms with Crippen LogP contribution < -0.4 is 4.74 Å². The Morgan fingerprint density at radius 1 is 1.29 bits per heavy atom. The Kier molecular flexibility index (Phi) is 4.96. The number of hydrogen-bond acceptors (Lipinski definition) is 4. The molecule has 0 saturated carbocycles. The lowest BCUT2D eigenvalue weighted by molar-refractivity contribution is -0.0124. The largest absolute Gasteiger partial charge is 0.487 e. The fourth-order valence-corrected chi connectivity index (χ4v) is 1.49. The number of aromatic nitrogens is 2. The molecule has 1 aromatic heterocycles. The van der Waals surface area contributed by atoms with E-state index in [-0.39, 0.29) is 19.3 Å². The van der Waals surface area contributed by atoms with Gasteiger partial charge in [0.2, 0.25) is 0 Å². The molecule has 0 aliphatic heterocycles. The number of aliphatic hydroxyl groups excluding tert-OH is 1. The maximum atomic E-state index is 9.67. The molecule has 1 aromatic rings. The van der Waals surface area contributed by atoms with Crippen LogP contribution in [0, 0.1) is 13.8 Å². The molecular weight excluding hydrogens is 220 g/mol. The first-order valence-electron chi connectivity index (χ1n) is 5.84. The van der Waals surface area contributed by atoms with Crippen molar-refractivity contribution < 1.29 is 14.6 Å². The normalized spacial score (nSPS) is 13.1. The van der Waals surface area contributed by atoms with Crippen molar-refractivity contribution in [2.75, 3.05) is 13.2 Å². The van der Waals surface area contributed by atoms with Crippen LogP contribution in [0.15, 0.2) is 0 Å². The van der Waals surface area contributed by atoms with Crippen LogP contribution in [0.2, 0.25) is 0 Å². The van der Waals surface area contributed by atoms with E-state index in [0.717, 1.165) is 17.1 Å². The summed E-state index contributed by atoms with van der Waals surface area (Å²) in [6, 6.07) is 0. The summed E-state index contributed by atoms with van der Waals surface area (Å²) in [4.78, 5) is 0. The average Bonchev–Trinajstić information content (AvgIpc) is 2.48. The Hall–Kier alpha value is -1.07. The molecule has 1 atom stereocenters. The Morgan fingerprint density at radius 2 is 1.94 bits per heavy atom. The minimum Gasteiger partial charge on any atom is -0.487 e. The molecule has 5 nitrogen and oxygen atoms in total. The van der Waals surface area contributed by atoms with Gasteiger partial charge in [0.1, 0.15) is 18.4 Å². The van der Waals surface area contributed by atoms with E-state index >= 15 is 0 Å². The first-order chi connectivity index (χ1) is 7.91. The first kappa shape index (κ1) is 14.0. The second-order valence-electron chi connectivity index (χ2n) is 4.47. The van der Waals surface area contributed by atoms with Gasteiger partial charge in [0, 0.05) is 7.05 Å². The number of aliphatic hydroxyl groups is 1. The van der Waals surface area contributed by atoms with Crippen molar-refractivity contribution in [1.82, 2.24) is 9.78 Å². The Morgan fingerprint density at radius 3 is 2.41 bits per heavy atom. The average molecular weight is 242 g/mol. The second kappa shape index (κ2) is 6.02. The molecule has 0 aliphatic carbocycles. The summed E-state index contributed by atoms with van der Waals surface area (Å²) in [7, 11) is 1.87. The van der Waals surface area contributed by atoms with Crippen LogP contribution in [0.25, 0.3) is 0 Å². The highest BCUT2D eigenvalue weighted by Gasteiger charge is 2.13. The zero-order valence-corrected chi connectivity index (χ0v) is 11.2. The SMILES string of the molecule is Cc1nn(C)c(C)c1OC[C@@H](O)COC(C)C. The van der Waals surface area contributed by atoms with Crippen molar-refractivity contribution in [3.63, 3.8) is 0 Å². The Labute approximate surface area is 102 Å². The van der Waals surface area contributed by atoms with E-state index < -0.39 is 6.10 Å². The third-order valence-corrected chi connectivity index (χ3v) is 2.48. The molecule has 0 spiro atoms. The lowest BCUT2D eigenvalue weighted by atomic mass is 10.3. The Balaban J connectivity index is 2.44. The van der Waals surface area contributed by atoms with E-state index in [1.165, 1.54) is 0 Å². The molecule has 0 aromatic carbocycles. The molecule has 0 saturated heterocycles. The van der Waals surface area contributed by atoms with Crippen LogP contribution in [0.5, 0.6) is 5.75 Å². The molecule has 1 rings (SSSR count).